The summed E-state index contributed by atoms with van der Waals surface area (Å²) in [6.45, 7) is 1.65. The summed E-state index contributed by atoms with van der Waals surface area (Å²) in [5, 5.41) is 0.632. The standard InChI is InChI=1S/C19H21N3O2/c1-22(13-14-7-9-15(24-2)10-8-14)12-11-18-20-17-6-4-3-5-16(17)19(23)21-18/h3-10H,11-13H2,1-2H3,(H,20,21,23). The lowest BCUT2D eigenvalue weighted by molar-refractivity contribution is 0.328. The third-order valence-electron chi connectivity index (χ3n) is 4.00. The average Bonchev–Trinajstić information content (AvgIpc) is 2.61. The molecule has 0 aliphatic rings. The number of hydrogen-bond acceptors (Lipinski definition) is 4. The Hall–Kier alpha value is -2.66. The lowest BCUT2D eigenvalue weighted by Crippen LogP contribution is -2.22. The van der Waals surface area contributed by atoms with Gasteiger partial charge in [0.25, 0.3) is 5.56 Å². The second kappa shape index (κ2) is 7.27. The van der Waals surface area contributed by atoms with E-state index in [1.54, 1.807) is 13.2 Å². The van der Waals surface area contributed by atoms with Crippen molar-refractivity contribution in [2.24, 2.45) is 0 Å². The predicted molar refractivity (Wildman–Crippen MR) is 95.4 cm³/mol. The van der Waals surface area contributed by atoms with E-state index in [0.717, 1.165) is 30.2 Å². The fourth-order valence-corrected chi connectivity index (χ4v) is 2.67. The number of H-pyrrole nitrogens is 1. The minimum Gasteiger partial charge on any atom is -0.497 e. The van der Waals surface area contributed by atoms with Crippen LogP contribution in [0.5, 0.6) is 5.75 Å². The van der Waals surface area contributed by atoms with E-state index in [0.29, 0.717) is 11.8 Å². The summed E-state index contributed by atoms with van der Waals surface area (Å²) in [7, 11) is 3.72. The van der Waals surface area contributed by atoms with Gasteiger partial charge >= 0.3 is 0 Å². The highest BCUT2D eigenvalue weighted by Crippen LogP contribution is 2.12. The molecule has 3 aromatic rings. The molecule has 5 heteroatoms. The molecule has 2 aromatic carbocycles. The number of para-hydroxylation sites is 1. The van der Waals surface area contributed by atoms with Gasteiger partial charge in [0.1, 0.15) is 11.6 Å². The first-order chi connectivity index (χ1) is 11.7. The Morgan fingerprint density at radius 2 is 1.88 bits per heavy atom. The molecule has 0 radical (unpaired) electrons. The zero-order chi connectivity index (χ0) is 16.9. The van der Waals surface area contributed by atoms with E-state index in [2.05, 4.69) is 34.0 Å². The molecule has 1 N–H and O–H groups in total. The first kappa shape index (κ1) is 16.2. The third kappa shape index (κ3) is 3.81. The molecule has 3 rings (SSSR count). The van der Waals surface area contributed by atoms with Crippen molar-refractivity contribution >= 4 is 10.9 Å². The van der Waals surface area contributed by atoms with Crippen molar-refractivity contribution in [2.75, 3.05) is 20.7 Å². The number of methoxy groups -OCH3 is 1. The van der Waals surface area contributed by atoms with Crippen molar-refractivity contribution in [3.8, 4) is 5.75 Å². The monoisotopic (exact) mass is 323 g/mol. The molecule has 0 atom stereocenters. The number of rotatable bonds is 6. The van der Waals surface area contributed by atoms with E-state index in [1.807, 2.05) is 30.3 Å². The third-order valence-corrected chi connectivity index (χ3v) is 4.00. The maximum absolute atomic E-state index is 12.1. The van der Waals surface area contributed by atoms with Crippen molar-refractivity contribution in [1.29, 1.82) is 0 Å². The number of ether oxygens (including phenoxy) is 1. The number of aromatic amines is 1. The summed E-state index contributed by atoms with van der Waals surface area (Å²) in [5.41, 5.74) is 1.89. The molecule has 0 aliphatic heterocycles. The Labute approximate surface area is 140 Å². The lowest BCUT2D eigenvalue weighted by Gasteiger charge is -2.16. The van der Waals surface area contributed by atoms with Gasteiger partial charge < -0.3 is 14.6 Å². The van der Waals surface area contributed by atoms with Crippen molar-refractivity contribution < 1.29 is 4.74 Å². The quantitative estimate of drug-likeness (QED) is 0.757. The summed E-state index contributed by atoms with van der Waals surface area (Å²) in [6.07, 6.45) is 0.701. The Balaban J connectivity index is 1.63. The van der Waals surface area contributed by atoms with E-state index < -0.39 is 0 Å². The molecule has 24 heavy (non-hydrogen) atoms. The molecular weight excluding hydrogens is 302 g/mol. The van der Waals surface area contributed by atoms with E-state index >= 15 is 0 Å². The van der Waals surface area contributed by atoms with Crippen LogP contribution in [0.1, 0.15) is 11.4 Å². The second-order valence-electron chi connectivity index (χ2n) is 5.87. The number of nitrogens with one attached hydrogen (secondary N) is 1. The smallest absolute Gasteiger partial charge is 0.258 e. The largest absolute Gasteiger partial charge is 0.497 e. The van der Waals surface area contributed by atoms with Crippen LogP contribution in [0.15, 0.2) is 53.3 Å². The number of aromatic nitrogens is 2. The van der Waals surface area contributed by atoms with E-state index in [9.17, 15) is 4.79 Å². The predicted octanol–water partition coefficient (Wildman–Crippen LogP) is 2.61. The van der Waals surface area contributed by atoms with Crippen LogP contribution in [0.25, 0.3) is 10.9 Å². The summed E-state index contributed by atoms with van der Waals surface area (Å²) in [6, 6.07) is 15.5. The van der Waals surface area contributed by atoms with Crippen LogP contribution in [0.2, 0.25) is 0 Å². The Bertz CT molecular complexity index is 872. The van der Waals surface area contributed by atoms with Crippen molar-refractivity contribution in [3.63, 3.8) is 0 Å². The van der Waals surface area contributed by atoms with Crippen molar-refractivity contribution in [2.45, 2.75) is 13.0 Å². The topological polar surface area (TPSA) is 58.2 Å². The lowest BCUT2D eigenvalue weighted by atomic mass is 10.2. The summed E-state index contributed by atoms with van der Waals surface area (Å²) >= 11 is 0. The van der Waals surface area contributed by atoms with Gasteiger partial charge in [0, 0.05) is 19.5 Å². The number of likely N-dealkylation sites (N-methyl/N-ethyl adjacent to an activating group) is 1. The molecule has 0 bridgehead atoms. The van der Waals surface area contributed by atoms with Crippen LogP contribution in [-0.2, 0) is 13.0 Å². The number of fused-ring (bicyclic) bond motifs is 1. The molecule has 0 aliphatic carbocycles. The minimum absolute atomic E-state index is 0.0755. The first-order valence-electron chi connectivity index (χ1n) is 7.95. The number of hydrogen-bond donors (Lipinski definition) is 1. The van der Waals surface area contributed by atoms with Gasteiger partial charge in [-0.3, -0.25) is 4.79 Å². The molecule has 1 heterocycles. The first-order valence-corrected chi connectivity index (χ1v) is 7.95. The highest BCUT2D eigenvalue weighted by molar-refractivity contribution is 5.77. The Morgan fingerprint density at radius 3 is 2.62 bits per heavy atom. The van der Waals surface area contributed by atoms with Gasteiger partial charge in [0.2, 0.25) is 0 Å². The molecule has 1 aromatic heterocycles. The maximum atomic E-state index is 12.1. The van der Waals surface area contributed by atoms with Gasteiger partial charge in [-0.2, -0.15) is 0 Å². The van der Waals surface area contributed by atoms with Gasteiger partial charge in [-0.15, -0.1) is 0 Å². The molecule has 0 amide bonds. The van der Waals surface area contributed by atoms with Gasteiger partial charge in [0.05, 0.1) is 18.0 Å². The zero-order valence-electron chi connectivity index (χ0n) is 14.0. The highest BCUT2D eigenvalue weighted by atomic mass is 16.5. The Kier molecular flexibility index (Phi) is 4.91. The Morgan fingerprint density at radius 1 is 1.12 bits per heavy atom. The second-order valence-corrected chi connectivity index (χ2v) is 5.87. The van der Waals surface area contributed by atoms with Crippen molar-refractivity contribution in [1.82, 2.24) is 14.9 Å². The fraction of sp³-hybridized carbons (Fsp3) is 0.263. The average molecular weight is 323 g/mol. The SMILES string of the molecule is COc1ccc(CN(C)CCc2nc3ccccc3c(=O)[nH]2)cc1. The molecule has 0 saturated carbocycles. The van der Waals surface area contributed by atoms with E-state index in [4.69, 9.17) is 4.74 Å². The molecule has 0 spiro atoms. The molecule has 124 valence electrons. The molecule has 0 saturated heterocycles. The maximum Gasteiger partial charge on any atom is 0.258 e. The molecule has 0 fully saturated rings. The zero-order valence-corrected chi connectivity index (χ0v) is 14.0. The minimum atomic E-state index is -0.0755. The van der Waals surface area contributed by atoms with Crippen LogP contribution < -0.4 is 10.3 Å². The van der Waals surface area contributed by atoms with Crippen LogP contribution in [0.3, 0.4) is 0 Å². The summed E-state index contributed by atoms with van der Waals surface area (Å²) in [5.74, 6) is 1.58. The normalized spacial score (nSPS) is 11.1. The van der Waals surface area contributed by atoms with Crippen LogP contribution >= 0.6 is 0 Å². The summed E-state index contributed by atoms with van der Waals surface area (Å²) < 4.78 is 5.17. The highest BCUT2D eigenvalue weighted by Gasteiger charge is 2.06. The van der Waals surface area contributed by atoms with Crippen LogP contribution in [0, 0.1) is 0 Å². The van der Waals surface area contributed by atoms with Crippen LogP contribution in [0.4, 0.5) is 0 Å². The van der Waals surface area contributed by atoms with Gasteiger partial charge in [0.15, 0.2) is 0 Å². The summed E-state index contributed by atoms with van der Waals surface area (Å²) in [4.78, 5) is 21.7. The molecule has 5 nitrogen and oxygen atoms in total. The van der Waals surface area contributed by atoms with Gasteiger partial charge in [-0.05, 0) is 36.9 Å². The number of nitrogens with zero attached hydrogens (tertiary/aromatic N) is 2. The van der Waals surface area contributed by atoms with E-state index in [-0.39, 0.29) is 5.56 Å². The van der Waals surface area contributed by atoms with Gasteiger partial charge in [-0.25, -0.2) is 4.98 Å². The number of benzene rings is 2. The fourth-order valence-electron chi connectivity index (χ4n) is 2.67. The van der Waals surface area contributed by atoms with Crippen molar-refractivity contribution in [3.05, 3.63) is 70.3 Å². The van der Waals surface area contributed by atoms with Crippen LogP contribution in [-0.4, -0.2) is 35.6 Å². The van der Waals surface area contributed by atoms with E-state index in [1.165, 1.54) is 5.56 Å². The van der Waals surface area contributed by atoms with Gasteiger partial charge in [-0.1, -0.05) is 24.3 Å². The molecule has 0 unspecified atom stereocenters. The molecular formula is C19H21N3O2.